The SMILES string of the molecule is CC(C)NC(=O)Oc1cccc(NC(=O)C(C)C)c1. The van der Waals surface area contributed by atoms with Crippen molar-refractivity contribution in [2.75, 3.05) is 5.32 Å². The second-order valence-corrected chi connectivity index (χ2v) is 4.86. The predicted molar refractivity (Wildman–Crippen MR) is 74.2 cm³/mol. The average Bonchev–Trinajstić information content (AvgIpc) is 2.27. The summed E-state index contributed by atoms with van der Waals surface area (Å²) >= 11 is 0. The first kappa shape index (κ1) is 15.0. The van der Waals surface area contributed by atoms with E-state index in [4.69, 9.17) is 4.74 Å². The molecule has 5 heteroatoms. The largest absolute Gasteiger partial charge is 0.412 e. The Balaban J connectivity index is 2.67. The third-order valence-electron chi connectivity index (χ3n) is 2.24. The number of carbonyl (C=O) groups excluding carboxylic acids is 2. The van der Waals surface area contributed by atoms with Gasteiger partial charge in [0.25, 0.3) is 0 Å². The lowest BCUT2D eigenvalue weighted by atomic mass is 10.2. The quantitative estimate of drug-likeness (QED) is 0.878. The molecule has 19 heavy (non-hydrogen) atoms. The van der Waals surface area contributed by atoms with Gasteiger partial charge < -0.3 is 15.4 Å². The summed E-state index contributed by atoms with van der Waals surface area (Å²) in [6, 6.07) is 6.74. The molecule has 0 spiro atoms. The van der Waals surface area contributed by atoms with Crippen LogP contribution >= 0.6 is 0 Å². The van der Waals surface area contributed by atoms with E-state index in [2.05, 4.69) is 10.6 Å². The van der Waals surface area contributed by atoms with Crippen molar-refractivity contribution >= 4 is 17.7 Å². The average molecular weight is 264 g/mol. The Hall–Kier alpha value is -2.04. The molecule has 0 saturated carbocycles. The molecule has 0 radical (unpaired) electrons. The maximum absolute atomic E-state index is 11.6. The summed E-state index contributed by atoms with van der Waals surface area (Å²) in [5, 5.41) is 5.37. The van der Waals surface area contributed by atoms with Crippen molar-refractivity contribution in [1.29, 1.82) is 0 Å². The maximum Gasteiger partial charge on any atom is 0.412 e. The van der Waals surface area contributed by atoms with Crippen LogP contribution in [0.4, 0.5) is 10.5 Å². The number of ether oxygens (including phenoxy) is 1. The van der Waals surface area contributed by atoms with Crippen LogP contribution in [0.5, 0.6) is 5.75 Å². The zero-order valence-electron chi connectivity index (χ0n) is 11.7. The minimum absolute atomic E-state index is 0.0105. The highest BCUT2D eigenvalue weighted by molar-refractivity contribution is 5.92. The lowest BCUT2D eigenvalue weighted by Gasteiger charge is -2.11. The van der Waals surface area contributed by atoms with Gasteiger partial charge in [0.05, 0.1) is 0 Å². The van der Waals surface area contributed by atoms with Crippen molar-refractivity contribution in [3.05, 3.63) is 24.3 Å². The van der Waals surface area contributed by atoms with Crippen molar-refractivity contribution < 1.29 is 14.3 Å². The van der Waals surface area contributed by atoms with E-state index in [9.17, 15) is 9.59 Å². The molecule has 0 aliphatic heterocycles. The van der Waals surface area contributed by atoms with E-state index in [0.717, 1.165) is 0 Å². The molecule has 5 nitrogen and oxygen atoms in total. The predicted octanol–water partition coefficient (Wildman–Crippen LogP) is 2.78. The van der Waals surface area contributed by atoms with E-state index in [1.54, 1.807) is 24.3 Å². The van der Waals surface area contributed by atoms with Crippen molar-refractivity contribution in [3.8, 4) is 5.75 Å². The van der Waals surface area contributed by atoms with Crippen LogP contribution in [0.2, 0.25) is 0 Å². The molecule has 0 atom stereocenters. The first-order chi connectivity index (χ1) is 8.88. The van der Waals surface area contributed by atoms with Gasteiger partial charge in [-0.05, 0) is 26.0 Å². The van der Waals surface area contributed by atoms with Gasteiger partial charge in [0.2, 0.25) is 5.91 Å². The Morgan fingerprint density at radius 3 is 2.42 bits per heavy atom. The maximum atomic E-state index is 11.6. The summed E-state index contributed by atoms with van der Waals surface area (Å²) < 4.78 is 5.11. The molecule has 1 rings (SSSR count). The van der Waals surface area contributed by atoms with Gasteiger partial charge in [-0.3, -0.25) is 4.79 Å². The fraction of sp³-hybridized carbons (Fsp3) is 0.429. The number of hydrogen-bond acceptors (Lipinski definition) is 3. The number of anilines is 1. The molecule has 1 aromatic carbocycles. The number of hydrogen-bond donors (Lipinski definition) is 2. The smallest absolute Gasteiger partial charge is 0.410 e. The third kappa shape index (κ3) is 5.42. The van der Waals surface area contributed by atoms with Gasteiger partial charge in [-0.25, -0.2) is 4.79 Å². The van der Waals surface area contributed by atoms with E-state index in [1.807, 2.05) is 27.7 Å². The molecule has 0 aromatic heterocycles. The highest BCUT2D eigenvalue weighted by Gasteiger charge is 2.09. The minimum atomic E-state index is -0.512. The van der Waals surface area contributed by atoms with E-state index < -0.39 is 6.09 Å². The lowest BCUT2D eigenvalue weighted by Crippen LogP contribution is -2.32. The highest BCUT2D eigenvalue weighted by Crippen LogP contribution is 2.18. The van der Waals surface area contributed by atoms with Gasteiger partial charge >= 0.3 is 6.09 Å². The highest BCUT2D eigenvalue weighted by atomic mass is 16.6. The second-order valence-electron chi connectivity index (χ2n) is 4.86. The van der Waals surface area contributed by atoms with Crippen LogP contribution in [-0.4, -0.2) is 18.0 Å². The summed E-state index contributed by atoms with van der Waals surface area (Å²) in [4.78, 5) is 23.0. The Morgan fingerprint density at radius 2 is 1.84 bits per heavy atom. The molecule has 0 aliphatic rings. The van der Waals surface area contributed by atoms with Gasteiger partial charge in [0, 0.05) is 23.7 Å². The van der Waals surface area contributed by atoms with Crippen LogP contribution < -0.4 is 15.4 Å². The molecule has 0 fully saturated rings. The number of carbonyl (C=O) groups is 2. The Labute approximate surface area is 113 Å². The molecule has 0 heterocycles. The van der Waals surface area contributed by atoms with Gasteiger partial charge in [0.1, 0.15) is 5.75 Å². The number of amides is 2. The molecule has 104 valence electrons. The number of rotatable bonds is 4. The molecular weight excluding hydrogens is 244 g/mol. The molecule has 2 amide bonds. The minimum Gasteiger partial charge on any atom is -0.410 e. The van der Waals surface area contributed by atoms with Crippen LogP contribution in [-0.2, 0) is 4.79 Å². The van der Waals surface area contributed by atoms with Crippen LogP contribution in [0.15, 0.2) is 24.3 Å². The van der Waals surface area contributed by atoms with E-state index in [0.29, 0.717) is 11.4 Å². The van der Waals surface area contributed by atoms with Crippen LogP contribution in [0.1, 0.15) is 27.7 Å². The first-order valence-electron chi connectivity index (χ1n) is 6.27. The second kappa shape index (κ2) is 6.78. The summed E-state index contributed by atoms with van der Waals surface area (Å²) in [6.45, 7) is 7.32. The molecule has 1 aromatic rings. The zero-order valence-corrected chi connectivity index (χ0v) is 11.7. The van der Waals surface area contributed by atoms with Gasteiger partial charge in [-0.15, -0.1) is 0 Å². The van der Waals surface area contributed by atoms with Crippen molar-refractivity contribution in [2.24, 2.45) is 5.92 Å². The molecule has 2 N–H and O–H groups in total. The Morgan fingerprint density at radius 1 is 1.16 bits per heavy atom. The topological polar surface area (TPSA) is 67.4 Å². The fourth-order valence-corrected chi connectivity index (χ4v) is 1.30. The molecule has 0 unspecified atom stereocenters. The van der Waals surface area contributed by atoms with E-state index in [1.165, 1.54) is 0 Å². The summed E-state index contributed by atoms with van der Waals surface area (Å²) in [7, 11) is 0. The Kier molecular flexibility index (Phi) is 5.36. The van der Waals surface area contributed by atoms with E-state index >= 15 is 0 Å². The number of nitrogens with one attached hydrogen (secondary N) is 2. The van der Waals surface area contributed by atoms with Crippen molar-refractivity contribution in [2.45, 2.75) is 33.7 Å². The van der Waals surface area contributed by atoms with Gasteiger partial charge in [-0.1, -0.05) is 19.9 Å². The van der Waals surface area contributed by atoms with Crippen molar-refractivity contribution in [3.63, 3.8) is 0 Å². The molecule has 0 bridgehead atoms. The summed E-state index contributed by atoms with van der Waals surface area (Å²) in [6.07, 6.45) is -0.512. The summed E-state index contributed by atoms with van der Waals surface area (Å²) in [5.41, 5.74) is 0.605. The van der Waals surface area contributed by atoms with Crippen LogP contribution in [0.3, 0.4) is 0 Å². The van der Waals surface area contributed by atoms with Crippen LogP contribution in [0, 0.1) is 5.92 Å². The first-order valence-corrected chi connectivity index (χ1v) is 6.27. The van der Waals surface area contributed by atoms with E-state index in [-0.39, 0.29) is 17.9 Å². The standard InChI is InChI=1S/C14H20N2O3/c1-9(2)13(17)16-11-6-5-7-12(8-11)19-14(18)15-10(3)4/h5-10H,1-4H3,(H,15,18)(H,16,17). The molecule has 0 aliphatic carbocycles. The Bertz CT molecular complexity index is 456. The third-order valence-corrected chi connectivity index (χ3v) is 2.24. The zero-order chi connectivity index (χ0) is 14.4. The normalized spacial score (nSPS) is 10.4. The molecule has 0 saturated heterocycles. The van der Waals surface area contributed by atoms with Crippen molar-refractivity contribution in [1.82, 2.24) is 5.32 Å². The number of benzene rings is 1. The monoisotopic (exact) mass is 264 g/mol. The van der Waals surface area contributed by atoms with Gasteiger partial charge in [0.15, 0.2) is 0 Å². The molecular formula is C14H20N2O3. The lowest BCUT2D eigenvalue weighted by molar-refractivity contribution is -0.118. The summed E-state index contributed by atoms with van der Waals surface area (Å²) in [5.74, 6) is 0.206. The van der Waals surface area contributed by atoms with Gasteiger partial charge in [-0.2, -0.15) is 0 Å². The fourth-order valence-electron chi connectivity index (χ4n) is 1.30. The van der Waals surface area contributed by atoms with Crippen LogP contribution in [0.25, 0.3) is 0 Å².